The van der Waals surface area contributed by atoms with Gasteiger partial charge in [0.1, 0.15) is 5.60 Å². The molecule has 3 N–H and O–H groups in total. The number of piperidine rings is 1. The molecule has 1 aromatic carbocycles. The molecule has 122 valence electrons. The second kappa shape index (κ2) is 7.49. The Hall–Kier alpha value is -1.75. The maximum Gasteiger partial charge on any atom is 0.412 e. The molecule has 1 amide bonds. The topological polar surface area (TPSA) is 62.4 Å². The van der Waals surface area contributed by atoms with E-state index >= 15 is 0 Å². The molecule has 1 fully saturated rings. The Morgan fingerprint density at radius 2 is 2.14 bits per heavy atom. The van der Waals surface area contributed by atoms with Crippen LogP contribution in [-0.4, -0.2) is 31.3 Å². The fraction of sp³-hybridized carbons (Fsp3) is 0.588. The Bertz CT molecular complexity index is 491. The molecular formula is C17H27N3O2. The summed E-state index contributed by atoms with van der Waals surface area (Å²) in [6.45, 7) is 8.70. The summed E-state index contributed by atoms with van der Waals surface area (Å²) in [7, 11) is 0. The normalized spacial score (nSPS) is 18.6. The van der Waals surface area contributed by atoms with E-state index in [4.69, 9.17) is 4.74 Å². The molecule has 1 aliphatic rings. The summed E-state index contributed by atoms with van der Waals surface area (Å²) in [6, 6.07) is 7.72. The van der Waals surface area contributed by atoms with E-state index < -0.39 is 11.7 Å². The summed E-state index contributed by atoms with van der Waals surface area (Å²) in [6.07, 6.45) is 2.07. The number of nitrogens with one attached hydrogen (secondary N) is 3. The molecular weight excluding hydrogens is 278 g/mol. The molecule has 0 bridgehead atoms. The molecule has 22 heavy (non-hydrogen) atoms. The van der Waals surface area contributed by atoms with Crippen LogP contribution in [0.15, 0.2) is 24.3 Å². The lowest BCUT2D eigenvalue weighted by Gasteiger charge is -2.23. The van der Waals surface area contributed by atoms with E-state index in [9.17, 15) is 4.79 Å². The monoisotopic (exact) mass is 305 g/mol. The zero-order valence-corrected chi connectivity index (χ0v) is 13.7. The van der Waals surface area contributed by atoms with Gasteiger partial charge in [-0.3, -0.25) is 5.32 Å². The summed E-state index contributed by atoms with van der Waals surface area (Å²) in [5.74, 6) is 0.663. The van der Waals surface area contributed by atoms with Crippen molar-refractivity contribution in [1.82, 2.24) is 5.32 Å². The molecule has 0 aromatic heterocycles. The minimum absolute atomic E-state index is 0.430. The van der Waals surface area contributed by atoms with Gasteiger partial charge >= 0.3 is 6.09 Å². The lowest BCUT2D eigenvalue weighted by molar-refractivity contribution is 0.0636. The Labute approximate surface area is 132 Å². The van der Waals surface area contributed by atoms with Crippen molar-refractivity contribution >= 4 is 17.5 Å². The van der Waals surface area contributed by atoms with Crippen LogP contribution in [0.3, 0.4) is 0 Å². The first-order valence-electron chi connectivity index (χ1n) is 7.97. The van der Waals surface area contributed by atoms with E-state index in [1.165, 1.54) is 12.8 Å². The van der Waals surface area contributed by atoms with E-state index in [2.05, 4.69) is 16.0 Å². The SMILES string of the molecule is CC(C)(C)OC(=O)Nc1cccc(NCC2CCCNC2)c1. The number of carbonyl (C=O) groups is 1. The fourth-order valence-electron chi connectivity index (χ4n) is 2.49. The first-order valence-corrected chi connectivity index (χ1v) is 7.97. The second-order valence-electron chi connectivity index (χ2n) is 6.80. The molecule has 5 heteroatoms. The van der Waals surface area contributed by atoms with Gasteiger partial charge in [-0.05, 0) is 70.8 Å². The predicted octanol–water partition coefficient (Wildman–Crippen LogP) is 3.45. The molecule has 5 nitrogen and oxygen atoms in total. The first-order chi connectivity index (χ1) is 10.4. The Balaban J connectivity index is 1.85. The molecule has 1 heterocycles. The summed E-state index contributed by atoms with van der Waals surface area (Å²) in [5.41, 5.74) is 1.26. The van der Waals surface area contributed by atoms with Crippen LogP contribution in [0.5, 0.6) is 0 Å². The number of benzene rings is 1. The van der Waals surface area contributed by atoms with Crippen molar-refractivity contribution in [1.29, 1.82) is 0 Å². The minimum atomic E-state index is -0.492. The van der Waals surface area contributed by atoms with Gasteiger partial charge < -0.3 is 15.4 Å². The van der Waals surface area contributed by atoms with Gasteiger partial charge in [-0.15, -0.1) is 0 Å². The van der Waals surface area contributed by atoms with Crippen molar-refractivity contribution in [3.05, 3.63) is 24.3 Å². The van der Waals surface area contributed by atoms with Crippen LogP contribution in [0, 0.1) is 5.92 Å². The molecule has 0 radical (unpaired) electrons. The zero-order valence-electron chi connectivity index (χ0n) is 13.7. The largest absolute Gasteiger partial charge is 0.444 e. The average molecular weight is 305 g/mol. The van der Waals surface area contributed by atoms with Crippen LogP contribution in [0.4, 0.5) is 16.2 Å². The highest BCUT2D eigenvalue weighted by atomic mass is 16.6. The molecule has 1 saturated heterocycles. The number of hydrogen-bond acceptors (Lipinski definition) is 4. The Morgan fingerprint density at radius 3 is 2.82 bits per heavy atom. The van der Waals surface area contributed by atoms with Crippen LogP contribution in [0.2, 0.25) is 0 Å². The number of anilines is 2. The lowest BCUT2D eigenvalue weighted by atomic mass is 10.00. The van der Waals surface area contributed by atoms with Crippen molar-refractivity contribution in [3.63, 3.8) is 0 Å². The van der Waals surface area contributed by atoms with Crippen molar-refractivity contribution in [2.45, 2.75) is 39.2 Å². The molecule has 0 saturated carbocycles. The van der Waals surface area contributed by atoms with Crippen LogP contribution < -0.4 is 16.0 Å². The van der Waals surface area contributed by atoms with Gasteiger partial charge in [0, 0.05) is 17.9 Å². The predicted molar refractivity (Wildman–Crippen MR) is 90.4 cm³/mol. The number of amides is 1. The van der Waals surface area contributed by atoms with Gasteiger partial charge in [-0.25, -0.2) is 4.79 Å². The quantitative estimate of drug-likeness (QED) is 0.797. The van der Waals surface area contributed by atoms with Crippen LogP contribution >= 0.6 is 0 Å². The van der Waals surface area contributed by atoms with Crippen LogP contribution in [0.1, 0.15) is 33.6 Å². The molecule has 2 rings (SSSR count). The van der Waals surface area contributed by atoms with Gasteiger partial charge in [0.15, 0.2) is 0 Å². The minimum Gasteiger partial charge on any atom is -0.444 e. The maximum atomic E-state index is 11.8. The van der Waals surface area contributed by atoms with Gasteiger partial charge in [0.25, 0.3) is 0 Å². The lowest BCUT2D eigenvalue weighted by Crippen LogP contribution is -2.33. The number of hydrogen-bond donors (Lipinski definition) is 3. The molecule has 1 atom stereocenters. The van der Waals surface area contributed by atoms with Crippen molar-refractivity contribution in [2.24, 2.45) is 5.92 Å². The highest BCUT2D eigenvalue weighted by Crippen LogP contribution is 2.18. The Kier molecular flexibility index (Phi) is 5.66. The van der Waals surface area contributed by atoms with E-state index in [1.54, 1.807) is 0 Å². The highest BCUT2D eigenvalue weighted by Gasteiger charge is 2.16. The third-order valence-corrected chi connectivity index (χ3v) is 3.50. The third-order valence-electron chi connectivity index (χ3n) is 3.50. The molecule has 0 spiro atoms. The van der Waals surface area contributed by atoms with E-state index in [-0.39, 0.29) is 0 Å². The van der Waals surface area contributed by atoms with Crippen LogP contribution in [-0.2, 0) is 4.74 Å². The average Bonchev–Trinajstić information content (AvgIpc) is 2.44. The summed E-state index contributed by atoms with van der Waals surface area (Å²) < 4.78 is 5.26. The first kappa shape index (κ1) is 16.6. The van der Waals surface area contributed by atoms with E-state index in [0.717, 1.165) is 31.0 Å². The fourth-order valence-corrected chi connectivity index (χ4v) is 2.49. The number of rotatable bonds is 4. The maximum absolute atomic E-state index is 11.8. The van der Waals surface area contributed by atoms with Gasteiger partial charge in [0.2, 0.25) is 0 Å². The molecule has 0 aliphatic carbocycles. The molecule has 1 aliphatic heterocycles. The summed E-state index contributed by atoms with van der Waals surface area (Å²) in [5, 5.41) is 9.62. The molecule has 1 aromatic rings. The van der Waals surface area contributed by atoms with E-state index in [0.29, 0.717) is 5.92 Å². The smallest absolute Gasteiger partial charge is 0.412 e. The Morgan fingerprint density at radius 1 is 1.36 bits per heavy atom. The second-order valence-corrected chi connectivity index (χ2v) is 6.80. The standard InChI is InChI=1S/C17H27N3O2/c1-17(2,3)22-16(21)20-15-8-4-7-14(10-15)19-12-13-6-5-9-18-11-13/h4,7-8,10,13,18-19H,5-6,9,11-12H2,1-3H3,(H,20,21). The number of ether oxygens (including phenoxy) is 1. The van der Waals surface area contributed by atoms with Crippen molar-refractivity contribution in [3.8, 4) is 0 Å². The van der Waals surface area contributed by atoms with Crippen LogP contribution in [0.25, 0.3) is 0 Å². The van der Waals surface area contributed by atoms with Gasteiger partial charge in [0.05, 0.1) is 0 Å². The van der Waals surface area contributed by atoms with E-state index in [1.807, 2.05) is 45.0 Å². The molecule has 1 unspecified atom stereocenters. The van der Waals surface area contributed by atoms with Crippen molar-refractivity contribution in [2.75, 3.05) is 30.3 Å². The third kappa shape index (κ3) is 5.93. The number of carbonyl (C=O) groups excluding carboxylic acids is 1. The zero-order chi connectivity index (χ0) is 16.0. The highest BCUT2D eigenvalue weighted by molar-refractivity contribution is 5.85. The van der Waals surface area contributed by atoms with Crippen molar-refractivity contribution < 1.29 is 9.53 Å². The summed E-state index contributed by atoms with van der Waals surface area (Å²) in [4.78, 5) is 11.8. The van der Waals surface area contributed by atoms with Gasteiger partial charge in [-0.1, -0.05) is 6.07 Å². The summed E-state index contributed by atoms with van der Waals surface area (Å²) >= 11 is 0. The van der Waals surface area contributed by atoms with Gasteiger partial charge in [-0.2, -0.15) is 0 Å².